The molecule has 9 nitrogen and oxygen atoms in total. The molecule has 0 spiro atoms. The molecule has 28 heavy (non-hydrogen) atoms. The normalized spacial score (nSPS) is 50.4. The maximum Gasteiger partial charge on any atom is 0.187 e. The number of rotatable bonds is 5. The molecule has 3 saturated heterocycles. The number of allylic oxidation sites excluding steroid dienone is 1. The van der Waals surface area contributed by atoms with Gasteiger partial charge in [0.15, 0.2) is 12.1 Å². The molecular formula is C19H30O9. The van der Waals surface area contributed by atoms with Crippen molar-refractivity contribution in [1.82, 2.24) is 0 Å². The molecule has 0 unspecified atom stereocenters. The highest BCUT2D eigenvalue weighted by Crippen LogP contribution is 2.62. The van der Waals surface area contributed by atoms with Gasteiger partial charge in [-0.2, -0.15) is 0 Å². The smallest absolute Gasteiger partial charge is 0.187 e. The number of hydrogen-bond acceptors (Lipinski definition) is 9. The van der Waals surface area contributed by atoms with Crippen molar-refractivity contribution in [3.05, 3.63) is 12.2 Å². The highest BCUT2D eigenvalue weighted by Gasteiger charge is 2.74. The first-order chi connectivity index (χ1) is 12.9. The molecule has 0 radical (unpaired) electrons. The summed E-state index contributed by atoms with van der Waals surface area (Å²) in [5, 5.41) is 50.4. The summed E-state index contributed by atoms with van der Waals surface area (Å²) in [6, 6.07) is 0. The maximum atomic E-state index is 11.6. The highest BCUT2D eigenvalue weighted by atomic mass is 16.7. The van der Waals surface area contributed by atoms with Gasteiger partial charge in [-0.1, -0.05) is 13.8 Å². The summed E-state index contributed by atoms with van der Waals surface area (Å²) in [5.41, 5.74) is -3.15. The van der Waals surface area contributed by atoms with Gasteiger partial charge in [0, 0.05) is 11.8 Å². The van der Waals surface area contributed by atoms with Gasteiger partial charge in [-0.25, -0.2) is 0 Å². The van der Waals surface area contributed by atoms with E-state index in [-0.39, 0.29) is 12.2 Å². The summed E-state index contributed by atoms with van der Waals surface area (Å²) in [6.45, 7) is 6.16. The number of aliphatic hydroxyl groups excluding tert-OH is 5. The SMILES string of the molecule is CC(=O)/C=C/[C@@]12O[C@@H](C[C@]1(C)O[C@@H]1O[C@H](CO)[C@@H](O)[C@H](O)[C@H]1O)[C@H](O)C2(C)C. The fourth-order valence-electron chi connectivity index (χ4n) is 4.86. The van der Waals surface area contributed by atoms with Crippen LogP contribution in [0.4, 0.5) is 0 Å². The quantitative estimate of drug-likeness (QED) is 0.352. The molecule has 3 aliphatic rings. The van der Waals surface area contributed by atoms with Crippen LogP contribution in [-0.4, -0.2) is 92.0 Å². The molecule has 0 aromatic carbocycles. The zero-order valence-corrected chi connectivity index (χ0v) is 16.5. The number of hydrogen-bond donors (Lipinski definition) is 5. The lowest BCUT2D eigenvalue weighted by atomic mass is 9.59. The third-order valence-electron chi connectivity index (χ3n) is 6.54. The standard InChI is InChI=1S/C19H30O9/c1-9(21)5-6-19-17(2,3)15(25)10(27-19)7-18(19,4)28-16-14(24)13(23)12(22)11(8-20)26-16/h5-6,10-16,20,22-25H,7-8H2,1-4H3/b6-5+/t10-,11+,12+,13-,14+,15-,16-,18-,19-/m0/s1. The van der Waals surface area contributed by atoms with E-state index in [1.165, 1.54) is 13.0 Å². The van der Waals surface area contributed by atoms with Crippen LogP contribution in [0, 0.1) is 5.41 Å². The molecule has 0 saturated carbocycles. The molecule has 0 aromatic rings. The number of ether oxygens (including phenoxy) is 3. The minimum Gasteiger partial charge on any atom is -0.394 e. The van der Waals surface area contributed by atoms with Crippen molar-refractivity contribution < 1.29 is 44.5 Å². The van der Waals surface area contributed by atoms with Crippen molar-refractivity contribution in [3.63, 3.8) is 0 Å². The van der Waals surface area contributed by atoms with E-state index in [4.69, 9.17) is 14.2 Å². The third-order valence-corrected chi connectivity index (χ3v) is 6.54. The largest absolute Gasteiger partial charge is 0.394 e. The van der Waals surface area contributed by atoms with Gasteiger partial charge in [-0.15, -0.1) is 0 Å². The van der Waals surface area contributed by atoms with Crippen LogP contribution in [0.25, 0.3) is 0 Å². The number of ketones is 1. The Labute approximate surface area is 163 Å². The van der Waals surface area contributed by atoms with E-state index in [1.807, 2.05) is 0 Å². The lowest BCUT2D eigenvalue weighted by molar-refractivity contribution is -0.339. The van der Waals surface area contributed by atoms with Crippen LogP contribution in [0.3, 0.4) is 0 Å². The fraction of sp³-hybridized carbons (Fsp3) is 0.842. The van der Waals surface area contributed by atoms with Crippen LogP contribution in [-0.2, 0) is 19.0 Å². The number of fused-ring (bicyclic) bond motifs is 2. The van der Waals surface area contributed by atoms with Crippen molar-refractivity contribution in [2.45, 2.75) is 88.2 Å². The molecule has 9 heteroatoms. The van der Waals surface area contributed by atoms with Crippen molar-refractivity contribution in [1.29, 1.82) is 0 Å². The lowest BCUT2D eigenvalue weighted by Gasteiger charge is -2.52. The lowest BCUT2D eigenvalue weighted by Crippen LogP contribution is -2.66. The van der Waals surface area contributed by atoms with E-state index in [0.717, 1.165) is 0 Å². The molecule has 0 amide bonds. The molecule has 0 aromatic heterocycles. The van der Waals surface area contributed by atoms with Crippen molar-refractivity contribution in [3.8, 4) is 0 Å². The Balaban J connectivity index is 1.95. The minimum atomic E-state index is -1.57. The molecule has 3 rings (SSSR count). The Kier molecular flexibility index (Phi) is 5.53. The second kappa shape index (κ2) is 7.10. The Hall–Kier alpha value is -0.910. The minimum absolute atomic E-state index is 0.200. The van der Waals surface area contributed by atoms with Crippen molar-refractivity contribution in [2.75, 3.05) is 6.61 Å². The second-order valence-corrected chi connectivity index (χ2v) is 8.75. The summed E-state index contributed by atoms with van der Waals surface area (Å²) in [7, 11) is 0. The first kappa shape index (κ1) is 21.8. The summed E-state index contributed by atoms with van der Waals surface area (Å²) < 4.78 is 17.7. The topological polar surface area (TPSA) is 146 Å². The highest BCUT2D eigenvalue weighted by molar-refractivity contribution is 5.87. The monoisotopic (exact) mass is 402 g/mol. The van der Waals surface area contributed by atoms with E-state index in [0.29, 0.717) is 0 Å². The predicted molar refractivity (Wildman–Crippen MR) is 95.1 cm³/mol. The average Bonchev–Trinajstić information content (AvgIpc) is 3.02. The van der Waals surface area contributed by atoms with Gasteiger partial charge in [0.25, 0.3) is 0 Å². The zero-order chi connectivity index (χ0) is 21.1. The summed E-state index contributed by atoms with van der Waals surface area (Å²) >= 11 is 0. The van der Waals surface area contributed by atoms with E-state index in [9.17, 15) is 30.3 Å². The second-order valence-electron chi connectivity index (χ2n) is 8.75. The molecule has 3 aliphatic heterocycles. The van der Waals surface area contributed by atoms with Crippen LogP contribution >= 0.6 is 0 Å². The van der Waals surface area contributed by atoms with Gasteiger partial charge in [0.1, 0.15) is 35.6 Å². The molecule has 3 fully saturated rings. The molecular weight excluding hydrogens is 372 g/mol. The van der Waals surface area contributed by atoms with E-state index >= 15 is 0 Å². The molecule has 3 heterocycles. The molecule has 2 bridgehead atoms. The number of carbonyl (C=O) groups excluding carboxylic acids is 1. The molecule has 0 aliphatic carbocycles. The molecule has 9 atom stereocenters. The Morgan fingerprint density at radius 3 is 2.32 bits per heavy atom. The van der Waals surface area contributed by atoms with Gasteiger partial charge in [-0.3, -0.25) is 4.79 Å². The van der Waals surface area contributed by atoms with Gasteiger partial charge in [0.2, 0.25) is 0 Å². The van der Waals surface area contributed by atoms with Crippen LogP contribution in [0.15, 0.2) is 12.2 Å². The van der Waals surface area contributed by atoms with Crippen molar-refractivity contribution >= 4 is 5.78 Å². The van der Waals surface area contributed by atoms with Gasteiger partial charge in [-0.05, 0) is 26.0 Å². The predicted octanol–water partition coefficient (Wildman–Crippen LogP) is -1.36. The Bertz CT molecular complexity index is 647. The first-order valence-electron chi connectivity index (χ1n) is 9.44. The van der Waals surface area contributed by atoms with E-state index in [2.05, 4.69) is 0 Å². The Morgan fingerprint density at radius 2 is 1.79 bits per heavy atom. The van der Waals surface area contributed by atoms with Gasteiger partial charge < -0.3 is 39.7 Å². The first-order valence-corrected chi connectivity index (χ1v) is 9.44. The summed E-state index contributed by atoms with van der Waals surface area (Å²) in [4.78, 5) is 11.6. The van der Waals surface area contributed by atoms with E-state index in [1.54, 1.807) is 26.8 Å². The maximum absolute atomic E-state index is 11.6. The van der Waals surface area contributed by atoms with E-state index < -0.39 is 66.1 Å². The van der Waals surface area contributed by atoms with Crippen LogP contribution in [0.2, 0.25) is 0 Å². The van der Waals surface area contributed by atoms with Crippen molar-refractivity contribution in [2.24, 2.45) is 5.41 Å². The number of carbonyl (C=O) groups is 1. The van der Waals surface area contributed by atoms with Gasteiger partial charge >= 0.3 is 0 Å². The summed E-state index contributed by atoms with van der Waals surface area (Å²) in [6.07, 6.45) is -5.22. The average molecular weight is 402 g/mol. The fourth-order valence-corrected chi connectivity index (χ4v) is 4.86. The summed E-state index contributed by atoms with van der Waals surface area (Å²) in [5.74, 6) is -0.200. The zero-order valence-electron chi connectivity index (χ0n) is 16.5. The van der Waals surface area contributed by atoms with Crippen LogP contribution in [0.5, 0.6) is 0 Å². The molecule has 160 valence electrons. The van der Waals surface area contributed by atoms with Gasteiger partial charge in [0.05, 0.1) is 18.8 Å². The third kappa shape index (κ3) is 2.96. The Morgan fingerprint density at radius 1 is 1.14 bits per heavy atom. The van der Waals surface area contributed by atoms with Crippen LogP contribution in [0.1, 0.15) is 34.1 Å². The van der Waals surface area contributed by atoms with Crippen LogP contribution < -0.4 is 0 Å². The molecule has 5 N–H and O–H groups in total. The number of aliphatic hydroxyl groups is 5.